The highest BCUT2D eigenvalue weighted by molar-refractivity contribution is 7.99. The molecule has 1 rings (SSSR count). The topological polar surface area (TPSA) is 26.3 Å². The lowest BCUT2D eigenvalue weighted by Crippen LogP contribution is -2.05. The van der Waals surface area contributed by atoms with Crippen LogP contribution >= 0.6 is 11.8 Å². The molecule has 0 radical (unpaired) electrons. The molecule has 0 aromatic heterocycles. The Balaban J connectivity index is 2.62. The maximum absolute atomic E-state index is 11.6. The largest absolute Gasteiger partial charge is 0.462 e. The van der Waals surface area contributed by atoms with Gasteiger partial charge in [-0.2, -0.15) is 0 Å². The molecular weight excluding hydrogens is 220 g/mol. The van der Waals surface area contributed by atoms with Crippen LogP contribution in [0.3, 0.4) is 0 Å². The molecule has 16 heavy (non-hydrogen) atoms. The summed E-state index contributed by atoms with van der Waals surface area (Å²) in [7, 11) is 0. The van der Waals surface area contributed by atoms with Crippen LogP contribution < -0.4 is 0 Å². The van der Waals surface area contributed by atoms with Crippen molar-refractivity contribution in [2.24, 2.45) is 0 Å². The highest BCUT2D eigenvalue weighted by Crippen LogP contribution is 2.20. The van der Waals surface area contributed by atoms with Crippen LogP contribution in [0, 0.1) is 0 Å². The Hall–Kier alpha value is -0.960. The van der Waals surface area contributed by atoms with Crippen LogP contribution in [-0.2, 0) is 4.74 Å². The van der Waals surface area contributed by atoms with Crippen molar-refractivity contribution in [3.05, 3.63) is 29.8 Å². The van der Waals surface area contributed by atoms with Crippen LogP contribution in [0.2, 0.25) is 0 Å². The van der Waals surface area contributed by atoms with E-state index in [0.29, 0.717) is 12.2 Å². The predicted molar refractivity (Wildman–Crippen MR) is 68.0 cm³/mol. The Morgan fingerprint density at radius 2 is 2.12 bits per heavy atom. The number of thioether (sulfide) groups is 1. The van der Waals surface area contributed by atoms with E-state index in [4.69, 9.17) is 4.74 Å². The highest BCUT2D eigenvalue weighted by atomic mass is 32.2. The van der Waals surface area contributed by atoms with Gasteiger partial charge < -0.3 is 4.74 Å². The lowest BCUT2D eigenvalue weighted by atomic mass is 10.2. The molecule has 1 aromatic rings. The molecule has 0 unspecified atom stereocenters. The Morgan fingerprint density at radius 1 is 1.31 bits per heavy atom. The zero-order chi connectivity index (χ0) is 11.8. The Morgan fingerprint density at radius 3 is 2.81 bits per heavy atom. The van der Waals surface area contributed by atoms with Gasteiger partial charge in [0.1, 0.15) is 0 Å². The highest BCUT2D eigenvalue weighted by Gasteiger charge is 2.06. The number of benzene rings is 1. The van der Waals surface area contributed by atoms with Crippen LogP contribution in [0.25, 0.3) is 0 Å². The van der Waals surface area contributed by atoms with Crippen molar-refractivity contribution in [1.29, 1.82) is 0 Å². The molecular formula is C13H18O2S. The molecule has 3 heteroatoms. The third-order valence-corrected chi connectivity index (χ3v) is 3.18. The average molecular weight is 238 g/mol. The van der Waals surface area contributed by atoms with Gasteiger partial charge in [0.05, 0.1) is 12.2 Å². The van der Waals surface area contributed by atoms with Gasteiger partial charge in [-0.15, -0.1) is 11.8 Å². The van der Waals surface area contributed by atoms with Crippen LogP contribution in [-0.4, -0.2) is 18.3 Å². The Bertz CT molecular complexity index is 336. The van der Waals surface area contributed by atoms with Crippen molar-refractivity contribution in [2.75, 3.05) is 12.4 Å². The monoisotopic (exact) mass is 238 g/mol. The summed E-state index contributed by atoms with van der Waals surface area (Å²) in [5, 5.41) is 0. The second-order valence-corrected chi connectivity index (χ2v) is 4.68. The first-order chi connectivity index (χ1) is 7.77. The number of esters is 1. The van der Waals surface area contributed by atoms with Crippen molar-refractivity contribution in [3.8, 4) is 0 Å². The molecule has 0 heterocycles. The molecule has 88 valence electrons. The maximum atomic E-state index is 11.6. The smallest absolute Gasteiger partial charge is 0.338 e. The Labute approximate surface area is 101 Å². The molecule has 0 aliphatic rings. The van der Waals surface area contributed by atoms with Crippen molar-refractivity contribution in [3.63, 3.8) is 0 Å². The van der Waals surface area contributed by atoms with Gasteiger partial charge >= 0.3 is 5.97 Å². The zero-order valence-electron chi connectivity index (χ0n) is 9.86. The van der Waals surface area contributed by atoms with E-state index in [2.05, 4.69) is 6.92 Å². The first-order valence-corrected chi connectivity index (χ1v) is 6.66. The van der Waals surface area contributed by atoms with Crippen LogP contribution in [0.4, 0.5) is 0 Å². The summed E-state index contributed by atoms with van der Waals surface area (Å²) >= 11 is 1.77. The van der Waals surface area contributed by atoms with E-state index in [9.17, 15) is 4.79 Å². The summed E-state index contributed by atoms with van der Waals surface area (Å²) in [4.78, 5) is 12.7. The summed E-state index contributed by atoms with van der Waals surface area (Å²) in [5.74, 6) is 0.855. The van der Waals surface area contributed by atoms with Crippen molar-refractivity contribution in [1.82, 2.24) is 0 Å². The van der Waals surface area contributed by atoms with Gasteiger partial charge in [0, 0.05) is 4.90 Å². The molecule has 0 N–H and O–H groups in total. The van der Waals surface area contributed by atoms with Crippen LogP contribution in [0.15, 0.2) is 29.2 Å². The fraction of sp³-hybridized carbons (Fsp3) is 0.462. The van der Waals surface area contributed by atoms with Crippen molar-refractivity contribution < 1.29 is 9.53 Å². The zero-order valence-corrected chi connectivity index (χ0v) is 10.7. The number of hydrogen-bond donors (Lipinski definition) is 0. The van der Waals surface area contributed by atoms with E-state index in [1.165, 1.54) is 0 Å². The van der Waals surface area contributed by atoms with Crippen molar-refractivity contribution in [2.45, 2.75) is 31.6 Å². The molecule has 0 aliphatic heterocycles. The molecule has 2 nitrogen and oxygen atoms in total. The van der Waals surface area contributed by atoms with Gasteiger partial charge in [0.25, 0.3) is 0 Å². The SMILES string of the molecule is CCCOC(=O)c1cccc(SCCC)c1. The lowest BCUT2D eigenvalue weighted by molar-refractivity contribution is 0.0505. The minimum atomic E-state index is -0.221. The van der Waals surface area contributed by atoms with Gasteiger partial charge in [0.2, 0.25) is 0 Å². The quantitative estimate of drug-likeness (QED) is 0.557. The average Bonchev–Trinajstić information content (AvgIpc) is 2.33. The number of hydrogen-bond acceptors (Lipinski definition) is 3. The van der Waals surface area contributed by atoms with Gasteiger partial charge in [-0.1, -0.05) is 19.9 Å². The molecule has 0 aliphatic carbocycles. The molecule has 0 saturated heterocycles. The fourth-order valence-electron chi connectivity index (χ4n) is 1.21. The van der Waals surface area contributed by atoms with E-state index < -0.39 is 0 Å². The number of rotatable bonds is 6. The predicted octanol–water partition coefficient (Wildman–Crippen LogP) is 3.76. The molecule has 1 aromatic carbocycles. The van der Waals surface area contributed by atoms with Crippen molar-refractivity contribution >= 4 is 17.7 Å². The van der Waals surface area contributed by atoms with Gasteiger partial charge in [-0.3, -0.25) is 0 Å². The third kappa shape index (κ3) is 4.27. The summed E-state index contributed by atoms with van der Waals surface area (Å²) in [6.07, 6.45) is 1.99. The molecule has 0 amide bonds. The second kappa shape index (κ2) is 7.34. The van der Waals surface area contributed by atoms with Gasteiger partial charge in [-0.05, 0) is 36.8 Å². The normalized spacial score (nSPS) is 10.1. The van der Waals surface area contributed by atoms with Gasteiger partial charge in [0.15, 0.2) is 0 Å². The first-order valence-electron chi connectivity index (χ1n) is 5.68. The molecule has 0 fully saturated rings. The Kier molecular flexibility index (Phi) is 6.01. The summed E-state index contributed by atoms with van der Waals surface area (Å²) in [6, 6.07) is 7.63. The maximum Gasteiger partial charge on any atom is 0.338 e. The van der Waals surface area contributed by atoms with E-state index >= 15 is 0 Å². The fourth-order valence-corrected chi connectivity index (χ4v) is 2.04. The molecule has 0 spiro atoms. The summed E-state index contributed by atoms with van der Waals surface area (Å²) in [6.45, 7) is 4.62. The molecule has 0 atom stereocenters. The molecule has 0 bridgehead atoms. The minimum Gasteiger partial charge on any atom is -0.462 e. The number of carbonyl (C=O) groups is 1. The number of ether oxygens (including phenoxy) is 1. The summed E-state index contributed by atoms with van der Waals surface area (Å²) in [5.41, 5.74) is 0.648. The van der Waals surface area contributed by atoms with E-state index in [0.717, 1.165) is 23.5 Å². The van der Waals surface area contributed by atoms with Gasteiger partial charge in [-0.25, -0.2) is 4.79 Å². The first kappa shape index (κ1) is 13.1. The second-order valence-electron chi connectivity index (χ2n) is 3.51. The summed E-state index contributed by atoms with van der Waals surface area (Å²) < 4.78 is 5.09. The van der Waals surface area contributed by atoms with Crippen LogP contribution in [0.1, 0.15) is 37.0 Å². The standard InChI is InChI=1S/C13H18O2S/c1-3-8-15-13(14)11-6-5-7-12(10-11)16-9-4-2/h5-7,10H,3-4,8-9H2,1-2H3. The van der Waals surface area contributed by atoms with E-state index in [1.807, 2.05) is 25.1 Å². The van der Waals surface area contributed by atoms with E-state index in [1.54, 1.807) is 17.8 Å². The van der Waals surface area contributed by atoms with Crippen LogP contribution in [0.5, 0.6) is 0 Å². The van der Waals surface area contributed by atoms with E-state index in [-0.39, 0.29) is 5.97 Å². The number of carbonyl (C=O) groups excluding carboxylic acids is 1. The lowest BCUT2D eigenvalue weighted by Gasteiger charge is -2.05. The third-order valence-electron chi connectivity index (χ3n) is 1.98. The molecule has 0 saturated carbocycles. The minimum absolute atomic E-state index is 0.221.